The Hall–Kier alpha value is -1.00. The molecule has 0 amide bonds. The highest BCUT2D eigenvalue weighted by atomic mass is 16.7. The van der Waals surface area contributed by atoms with Gasteiger partial charge in [0.15, 0.2) is 11.6 Å². The molecule has 0 radical (unpaired) electrons. The van der Waals surface area contributed by atoms with Crippen LogP contribution in [-0.4, -0.2) is 31.1 Å². The summed E-state index contributed by atoms with van der Waals surface area (Å²) in [6, 6.07) is 0. The number of rotatable bonds is 4. The van der Waals surface area contributed by atoms with Crippen molar-refractivity contribution in [2.24, 2.45) is 34.5 Å². The van der Waals surface area contributed by atoms with Crippen molar-refractivity contribution in [3.05, 3.63) is 11.6 Å². The summed E-state index contributed by atoms with van der Waals surface area (Å²) in [5.74, 6) is 2.40. The zero-order valence-electron chi connectivity index (χ0n) is 20.4. The molecule has 4 heteroatoms. The van der Waals surface area contributed by atoms with Gasteiger partial charge in [-0.1, -0.05) is 32.3 Å². The highest BCUT2D eigenvalue weighted by molar-refractivity contribution is 5.92. The average molecular weight is 443 g/mol. The fraction of sp³-hybridized carbons (Fsp3) is 0.857. The second-order valence-corrected chi connectivity index (χ2v) is 12.0. The standard InChI is InChI=1S/C28H42O4/c1-19-16-20-17-21(29)10-15-27(20,18-32-28(31-3)12-6-4-5-7-13-28)23-11-14-26(2)22(25(19)23)8-9-24(26)30/h17,19,22-23,25H,4-16,18H2,1-3H3/t19-,22+,23+,25+,26+,27-/m1/s1. The van der Waals surface area contributed by atoms with Crippen LogP contribution in [0.5, 0.6) is 0 Å². The highest BCUT2D eigenvalue weighted by Gasteiger charge is 2.62. The van der Waals surface area contributed by atoms with Crippen molar-refractivity contribution in [1.29, 1.82) is 0 Å². The Morgan fingerprint density at radius 1 is 0.969 bits per heavy atom. The lowest BCUT2D eigenvalue weighted by molar-refractivity contribution is -0.250. The number of hydrogen-bond donors (Lipinski definition) is 0. The van der Waals surface area contributed by atoms with Crippen molar-refractivity contribution in [2.45, 2.75) is 103 Å². The molecule has 0 unspecified atom stereocenters. The minimum Gasteiger partial charge on any atom is -0.353 e. The molecule has 0 saturated heterocycles. The summed E-state index contributed by atoms with van der Waals surface area (Å²) in [6.45, 7) is 5.30. The van der Waals surface area contributed by atoms with Gasteiger partial charge in [0.05, 0.1) is 6.61 Å². The van der Waals surface area contributed by atoms with Gasteiger partial charge < -0.3 is 9.47 Å². The first-order chi connectivity index (χ1) is 15.3. The Morgan fingerprint density at radius 3 is 2.44 bits per heavy atom. The van der Waals surface area contributed by atoms with Crippen LogP contribution in [0.25, 0.3) is 0 Å². The number of Topliss-reactive ketones (excluding diaryl/α,β-unsaturated/α-hetero) is 1. The molecule has 4 fully saturated rings. The predicted octanol–water partition coefficient (Wildman–Crippen LogP) is 6.03. The van der Waals surface area contributed by atoms with Crippen LogP contribution < -0.4 is 0 Å². The minimum atomic E-state index is -0.469. The van der Waals surface area contributed by atoms with Crippen molar-refractivity contribution in [1.82, 2.24) is 0 Å². The molecule has 0 aromatic heterocycles. The SMILES string of the molecule is COC1(OC[C@]23CCC(=O)C=C2C[C@@H](C)[C@@H]2[C@@H]3CC[C@]3(C)C(=O)CC[C@@H]23)CCCCCC1. The maximum Gasteiger partial charge on any atom is 0.167 e. The number of carbonyl (C=O) groups is 2. The number of hydrogen-bond acceptors (Lipinski definition) is 4. The van der Waals surface area contributed by atoms with E-state index >= 15 is 0 Å². The molecule has 178 valence electrons. The quantitative estimate of drug-likeness (QED) is 0.394. The summed E-state index contributed by atoms with van der Waals surface area (Å²) in [7, 11) is 1.81. The van der Waals surface area contributed by atoms with E-state index in [0.717, 1.165) is 64.2 Å². The van der Waals surface area contributed by atoms with Crippen LogP contribution in [-0.2, 0) is 19.1 Å². The van der Waals surface area contributed by atoms with Gasteiger partial charge in [-0.05, 0) is 74.7 Å². The van der Waals surface area contributed by atoms with Crippen LogP contribution in [0.3, 0.4) is 0 Å². The van der Waals surface area contributed by atoms with Gasteiger partial charge >= 0.3 is 0 Å². The van der Waals surface area contributed by atoms with Crippen LogP contribution >= 0.6 is 0 Å². The molecule has 0 heterocycles. The van der Waals surface area contributed by atoms with E-state index in [0.29, 0.717) is 42.5 Å². The van der Waals surface area contributed by atoms with E-state index in [9.17, 15) is 9.59 Å². The molecule has 4 saturated carbocycles. The lowest BCUT2D eigenvalue weighted by Crippen LogP contribution is -2.56. The van der Waals surface area contributed by atoms with Gasteiger partial charge in [-0.15, -0.1) is 0 Å². The highest BCUT2D eigenvalue weighted by Crippen LogP contribution is 2.66. The lowest BCUT2D eigenvalue weighted by Gasteiger charge is -2.60. The largest absolute Gasteiger partial charge is 0.353 e. The molecule has 5 aliphatic rings. The maximum atomic E-state index is 12.9. The van der Waals surface area contributed by atoms with Crippen molar-refractivity contribution in [2.75, 3.05) is 13.7 Å². The molecular formula is C28H42O4. The second-order valence-electron chi connectivity index (χ2n) is 12.0. The first kappa shape index (κ1) is 22.8. The fourth-order valence-electron chi connectivity index (χ4n) is 8.70. The Bertz CT molecular complexity index is 791. The Morgan fingerprint density at radius 2 is 1.72 bits per heavy atom. The van der Waals surface area contributed by atoms with E-state index in [-0.39, 0.29) is 16.6 Å². The van der Waals surface area contributed by atoms with Crippen molar-refractivity contribution in [3.63, 3.8) is 0 Å². The minimum absolute atomic E-state index is 0.0596. The van der Waals surface area contributed by atoms with Gasteiger partial charge in [0, 0.05) is 43.6 Å². The molecule has 0 spiro atoms. The molecule has 4 nitrogen and oxygen atoms in total. The van der Waals surface area contributed by atoms with Crippen LogP contribution in [0.2, 0.25) is 0 Å². The predicted molar refractivity (Wildman–Crippen MR) is 124 cm³/mol. The zero-order chi connectivity index (χ0) is 22.6. The Kier molecular flexibility index (Phi) is 5.94. The maximum absolute atomic E-state index is 12.9. The van der Waals surface area contributed by atoms with E-state index in [4.69, 9.17) is 9.47 Å². The monoisotopic (exact) mass is 442 g/mol. The van der Waals surface area contributed by atoms with Crippen molar-refractivity contribution < 1.29 is 19.1 Å². The second kappa shape index (κ2) is 8.34. The summed E-state index contributed by atoms with van der Waals surface area (Å²) in [4.78, 5) is 25.4. The summed E-state index contributed by atoms with van der Waals surface area (Å²) in [6.07, 6.45) is 15.2. The van der Waals surface area contributed by atoms with Gasteiger partial charge in [0.1, 0.15) is 5.78 Å². The number of fused-ring (bicyclic) bond motifs is 5. The van der Waals surface area contributed by atoms with Gasteiger partial charge in [-0.3, -0.25) is 9.59 Å². The van der Waals surface area contributed by atoms with Crippen LogP contribution in [0.1, 0.15) is 97.3 Å². The summed E-state index contributed by atoms with van der Waals surface area (Å²) in [5, 5.41) is 0. The molecular weight excluding hydrogens is 400 g/mol. The smallest absolute Gasteiger partial charge is 0.167 e. The number of methoxy groups -OCH3 is 1. The Labute approximate surface area is 193 Å². The van der Waals surface area contributed by atoms with E-state index < -0.39 is 5.79 Å². The van der Waals surface area contributed by atoms with E-state index in [1.807, 2.05) is 13.2 Å². The van der Waals surface area contributed by atoms with Gasteiger partial charge in [-0.25, -0.2) is 0 Å². The summed E-state index contributed by atoms with van der Waals surface area (Å²) in [5.41, 5.74) is 1.16. The summed E-state index contributed by atoms with van der Waals surface area (Å²) >= 11 is 0. The molecule has 0 aromatic rings. The molecule has 0 N–H and O–H groups in total. The van der Waals surface area contributed by atoms with E-state index in [2.05, 4.69) is 13.8 Å². The third-order valence-corrected chi connectivity index (χ3v) is 10.6. The summed E-state index contributed by atoms with van der Waals surface area (Å²) < 4.78 is 12.9. The van der Waals surface area contributed by atoms with Gasteiger partial charge in [-0.2, -0.15) is 0 Å². The topological polar surface area (TPSA) is 52.6 Å². The first-order valence-electron chi connectivity index (χ1n) is 13.3. The molecule has 5 rings (SSSR count). The molecule has 0 bridgehead atoms. The lowest BCUT2D eigenvalue weighted by atomic mass is 9.45. The third kappa shape index (κ3) is 3.47. The molecule has 0 aromatic carbocycles. The van der Waals surface area contributed by atoms with Crippen molar-refractivity contribution in [3.8, 4) is 0 Å². The van der Waals surface area contributed by atoms with Gasteiger partial charge in [0.2, 0.25) is 0 Å². The van der Waals surface area contributed by atoms with Crippen LogP contribution in [0.15, 0.2) is 11.6 Å². The van der Waals surface area contributed by atoms with Gasteiger partial charge in [0.25, 0.3) is 0 Å². The molecule has 0 aliphatic heterocycles. The Balaban J connectivity index is 1.48. The normalized spacial score (nSPS) is 43.7. The molecule has 5 aliphatic carbocycles. The average Bonchev–Trinajstić information content (AvgIpc) is 2.94. The number of ketones is 2. The third-order valence-electron chi connectivity index (χ3n) is 10.6. The van der Waals surface area contributed by atoms with E-state index in [1.54, 1.807) is 0 Å². The van der Waals surface area contributed by atoms with Crippen molar-refractivity contribution >= 4 is 11.6 Å². The van der Waals surface area contributed by atoms with Crippen LogP contribution in [0, 0.1) is 34.5 Å². The van der Waals surface area contributed by atoms with Crippen LogP contribution in [0.4, 0.5) is 0 Å². The zero-order valence-corrected chi connectivity index (χ0v) is 20.4. The van der Waals surface area contributed by atoms with E-state index in [1.165, 1.54) is 18.4 Å². The molecule has 32 heavy (non-hydrogen) atoms. The molecule has 6 atom stereocenters. The number of carbonyl (C=O) groups excluding carboxylic acids is 2. The number of ether oxygens (including phenoxy) is 2. The first-order valence-corrected chi connectivity index (χ1v) is 13.3. The fourth-order valence-corrected chi connectivity index (χ4v) is 8.70.